The lowest BCUT2D eigenvalue weighted by molar-refractivity contribution is -0.0539. The quantitative estimate of drug-likeness (QED) is 0.905. The molecule has 0 amide bonds. The summed E-state index contributed by atoms with van der Waals surface area (Å²) in [6.07, 6.45) is 3.75. The van der Waals surface area contributed by atoms with E-state index in [1.165, 1.54) is 17.3 Å². The van der Waals surface area contributed by atoms with Crippen molar-refractivity contribution in [1.29, 1.82) is 0 Å². The third kappa shape index (κ3) is 3.67. The fraction of sp³-hybridized carbons (Fsp3) is 0.333. The molecule has 2 aromatic rings. The van der Waals surface area contributed by atoms with E-state index in [1.807, 2.05) is 0 Å². The van der Waals surface area contributed by atoms with Gasteiger partial charge in [-0.25, -0.2) is 9.67 Å². The highest BCUT2D eigenvalue weighted by molar-refractivity contribution is 6.42. The van der Waals surface area contributed by atoms with Crippen LogP contribution in [0.5, 0.6) is 0 Å². The number of aliphatic hydroxyl groups excluding tert-OH is 1. The Kier molecular flexibility index (Phi) is 5.24. The first kappa shape index (κ1) is 17.0. The molecule has 0 spiro atoms. The van der Waals surface area contributed by atoms with Gasteiger partial charge in [-0.1, -0.05) is 29.3 Å². The molecular weight excluding hydrogens is 325 g/mol. The van der Waals surface area contributed by atoms with Gasteiger partial charge in [0.05, 0.1) is 21.3 Å². The normalized spacial score (nSPS) is 14.2. The SMILES string of the molecule is COC(C)(C)C(O)C(=Cc1ccc(Cl)c(Cl)c1)n1cncn1. The average Bonchev–Trinajstić information content (AvgIpc) is 3.01. The summed E-state index contributed by atoms with van der Waals surface area (Å²) >= 11 is 12.0. The van der Waals surface area contributed by atoms with Crippen molar-refractivity contribution in [1.82, 2.24) is 14.8 Å². The highest BCUT2D eigenvalue weighted by atomic mass is 35.5. The number of benzene rings is 1. The topological polar surface area (TPSA) is 60.2 Å². The van der Waals surface area contributed by atoms with E-state index >= 15 is 0 Å². The molecule has 1 N–H and O–H groups in total. The number of halogens is 2. The number of nitrogens with zero attached hydrogens (tertiary/aromatic N) is 3. The summed E-state index contributed by atoms with van der Waals surface area (Å²) in [5.74, 6) is 0. The molecule has 0 aliphatic rings. The molecule has 5 nitrogen and oxygen atoms in total. The Hall–Kier alpha value is -1.40. The first-order chi connectivity index (χ1) is 10.3. The Morgan fingerprint density at radius 1 is 1.36 bits per heavy atom. The van der Waals surface area contributed by atoms with Crippen molar-refractivity contribution >= 4 is 35.0 Å². The van der Waals surface area contributed by atoms with Crippen LogP contribution in [0, 0.1) is 0 Å². The number of hydrogen-bond donors (Lipinski definition) is 1. The van der Waals surface area contributed by atoms with Gasteiger partial charge in [0.1, 0.15) is 18.8 Å². The summed E-state index contributed by atoms with van der Waals surface area (Å²) in [4.78, 5) is 3.92. The smallest absolute Gasteiger partial charge is 0.138 e. The lowest BCUT2D eigenvalue weighted by Crippen LogP contribution is -2.40. The standard InChI is InChI=1S/C15H17Cl2N3O2/c1-15(2,22-3)14(21)13(20-9-18-8-19-20)7-10-4-5-11(16)12(17)6-10/h4-9,14,21H,1-3H3. The molecule has 0 radical (unpaired) electrons. The van der Waals surface area contributed by atoms with Crippen LogP contribution in [-0.2, 0) is 4.74 Å². The predicted molar refractivity (Wildman–Crippen MR) is 87.7 cm³/mol. The first-order valence-electron chi connectivity index (χ1n) is 6.60. The van der Waals surface area contributed by atoms with E-state index in [0.717, 1.165) is 5.56 Å². The Morgan fingerprint density at radius 2 is 2.09 bits per heavy atom. The third-order valence-corrected chi connectivity index (χ3v) is 4.15. The van der Waals surface area contributed by atoms with Gasteiger partial charge in [-0.15, -0.1) is 0 Å². The summed E-state index contributed by atoms with van der Waals surface area (Å²) in [6.45, 7) is 3.58. The van der Waals surface area contributed by atoms with E-state index in [1.54, 1.807) is 45.2 Å². The monoisotopic (exact) mass is 341 g/mol. The van der Waals surface area contributed by atoms with Crippen LogP contribution in [0.3, 0.4) is 0 Å². The van der Waals surface area contributed by atoms with Crippen LogP contribution < -0.4 is 0 Å². The molecule has 1 atom stereocenters. The third-order valence-electron chi connectivity index (χ3n) is 3.41. The van der Waals surface area contributed by atoms with E-state index in [4.69, 9.17) is 27.9 Å². The van der Waals surface area contributed by atoms with Crippen molar-refractivity contribution < 1.29 is 9.84 Å². The van der Waals surface area contributed by atoms with Crippen LogP contribution in [0.25, 0.3) is 11.8 Å². The van der Waals surface area contributed by atoms with E-state index in [0.29, 0.717) is 15.7 Å². The molecule has 0 aliphatic carbocycles. The molecule has 1 aromatic carbocycles. The molecule has 1 aromatic heterocycles. The van der Waals surface area contributed by atoms with Crippen LogP contribution >= 0.6 is 23.2 Å². The molecule has 1 unspecified atom stereocenters. The van der Waals surface area contributed by atoms with Gasteiger partial charge >= 0.3 is 0 Å². The molecule has 1 heterocycles. The van der Waals surface area contributed by atoms with Crippen molar-refractivity contribution in [2.24, 2.45) is 0 Å². The highest BCUT2D eigenvalue weighted by Gasteiger charge is 2.32. The fourth-order valence-corrected chi connectivity index (χ4v) is 2.16. The summed E-state index contributed by atoms with van der Waals surface area (Å²) < 4.78 is 6.85. The van der Waals surface area contributed by atoms with E-state index in [2.05, 4.69) is 10.1 Å². The van der Waals surface area contributed by atoms with Gasteiger partial charge in [0.25, 0.3) is 0 Å². The van der Waals surface area contributed by atoms with Gasteiger partial charge in [-0.3, -0.25) is 0 Å². The molecule has 22 heavy (non-hydrogen) atoms. The second-order valence-corrected chi connectivity index (χ2v) is 6.11. The summed E-state index contributed by atoms with van der Waals surface area (Å²) in [5.41, 5.74) is 0.502. The van der Waals surface area contributed by atoms with Crippen LogP contribution in [0.1, 0.15) is 19.4 Å². The minimum absolute atomic E-state index is 0.439. The van der Waals surface area contributed by atoms with Crippen LogP contribution in [-0.4, -0.2) is 38.7 Å². The maximum Gasteiger partial charge on any atom is 0.138 e. The lowest BCUT2D eigenvalue weighted by Gasteiger charge is -2.30. The predicted octanol–water partition coefficient (Wildman–Crippen LogP) is 3.37. The van der Waals surface area contributed by atoms with Crippen molar-refractivity contribution in [3.05, 3.63) is 46.5 Å². The number of hydrogen-bond acceptors (Lipinski definition) is 4. The van der Waals surface area contributed by atoms with Crippen molar-refractivity contribution in [2.45, 2.75) is 25.6 Å². The summed E-state index contributed by atoms with van der Waals surface area (Å²) in [7, 11) is 1.54. The Bertz CT molecular complexity index is 669. The van der Waals surface area contributed by atoms with Gasteiger partial charge < -0.3 is 9.84 Å². The lowest BCUT2D eigenvalue weighted by atomic mass is 9.97. The molecule has 0 aliphatic heterocycles. The zero-order chi connectivity index (χ0) is 16.3. The number of ether oxygens (including phenoxy) is 1. The van der Waals surface area contributed by atoms with Crippen LogP contribution in [0.4, 0.5) is 0 Å². The maximum atomic E-state index is 10.7. The minimum atomic E-state index is -0.923. The van der Waals surface area contributed by atoms with Crippen molar-refractivity contribution in [3.8, 4) is 0 Å². The molecule has 2 rings (SSSR count). The number of rotatable bonds is 5. The van der Waals surface area contributed by atoms with Crippen LogP contribution in [0.2, 0.25) is 10.0 Å². The Morgan fingerprint density at radius 3 is 2.64 bits per heavy atom. The van der Waals surface area contributed by atoms with E-state index in [-0.39, 0.29) is 0 Å². The molecule has 0 saturated heterocycles. The number of aromatic nitrogens is 3. The van der Waals surface area contributed by atoms with Crippen LogP contribution in [0.15, 0.2) is 30.9 Å². The van der Waals surface area contributed by atoms with Gasteiger partial charge in [0, 0.05) is 7.11 Å². The van der Waals surface area contributed by atoms with Crippen molar-refractivity contribution in [3.63, 3.8) is 0 Å². The zero-order valence-corrected chi connectivity index (χ0v) is 14.0. The molecule has 0 fully saturated rings. The highest BCUT2D eigenvalue weighted by Crippen LogP contribution is 2.28. The Labute approximate surface area is 139 Å². The van der Waals surface area contributed by atoms with Gasteiger partial charge in [-0.2, -0.15) is 5.10 Å². The summed E-state index contributed by atoms with van der Waals surface area (Å²) in [6, 6.07) is 5.22. The second kappa shape index (κ2) is 6.79. The molecule has 7 heteroatoms. The average molecular weight is 342 g/mol. The second-order valence-electron chi connectivity index (χ2n) is 5.29. The number of aliphatic hydroxyl groups is 1. The maximum absolute atomic E-state index is 10.7. The molecule has 0 saturated carbocycles. The van der Waals surface area contributed by atoms with Gasteiger partial charge in [0.15, 0.2) is 0 Å². The summed E-state index contributed by atoms with van der Waals surface area (Å²) in [5, 5.41) is 15.6. The molecule has 0 bridgehead atoms. The molecule has 118 valence electrons. The Balaban J connectivity index is 2.49. The van der Waals surface area contributed by atoms with Crippen molar-refractivity contribution in [2.75, 3.05) is 7.11 Å². The van der Waals surface area contributed by atoms with Gasteiger partial charge in [0.2, 0.25) is 0 Å². The largest absolute Gasteiger partial charge is 0.384 e. The van der Waals surface area contributed by atoms with E-state index < -0.39 is 11.7 Å². The minimum Gasteiger partial charge on any atom is -0.384 e. The zero-order valence-electron chi connectivity index (χ0n) is 12.5. The fourth-order valence-electron chi connectivity index (χ4n) is 1.85. The van der Waals surface area contributed by atoms with Gasteiger partial charge in [-0.05, 0) is 37.6 Å². The van der Waals surface area contributed by atoms with E-state index in [9.17, 15) is 5.11 Å². The number of methoxy groups -OCH3 is 1. The first-order valence-corrected chi connectivity index (χ1v) is 7.35. The molecular formula is C15H17Cl2N3O2.